The van der Waals surface area contributed by atoms with Crippen molar-refractivity contribution in [2.75, 3.05) is 0 Å². The van der Waals surface area contributed by atoms with Crippen molar-refractivity contribution in [3.05, 3.63) is 68.9 Å². The largest absolute Gasteiger partial charge is 0.294 e. The van der Waals surface area contributed by atoms with Crippen LogP contribution in [0.5, 0.6) is 0 Å². The number of halogens is 4. The highest BCUT2D eigenvalue weighted by Gasteiger charge is 2.20. The molecule has 0 atom stereocenters. The fourth-order valence-corrected chi connectivity index (χ4v) is 2.35. The molecule has 0 saturated heterocycles. The Morgan fingerprint density at radius 2 is 1.80 bits per heavy atom. The van der Waals surface area contributed by atoms with Gasteiger partial charge in [0.1, 0.15) is 5.82 Å². The highest BCUT2D eigenvalue weighted by molar-refractivity contribution is 9.10. The first-order valence-corrected chi connectivity index (χ1v) is 6.61. The van der Waals surface area contributed by atoms with Crippen LogP contribution in [-0.2, 0) is 6.42 Å². The van der Waals surface area contributed by atoms with Gasteiger partial charge in [-0.15, -0.1) is 0 Å². The molecular formula is C15H10BrF3O. The zero-order valence-corrected chi connectivity index (χ0v) is 12.1. The van der Waals surface area contributed by atoms with Gasteiger partial charge in [0.2, 0.25) is 0 Å². The number of carbonyl (C=O) groups is 1. The van der Waals surface area contributed by atoms with Crippen molar-refractivity contribution in [1.29, 1.82) is 0 Å². The molecule has 1 nitrogen and oxygen atoms in total. The fourth-order valence-electron chi connectivity index (χ4n) is 1.95. The summed E-state index contributed by atoms with van der Waals surface area (Å²) in [5.74, 6) is -3.14. The van der Waals surface area contributed by atoms with Crippen LogP contribution in [0.4, 0.5) is 13.2 Å². The third-order valence-corrected chi connectivity index (χ3v) is 3.54. The zero-order chi connectivity index (χ0) is 14.9. The Morgan fingerprint density at radius 1 is 1.15 bits per heavy atom. The van der Waals surface area contributed by atoms with Crippen molar-refractivity contribution < 1.29 is 18.0 Å². The Balaban J connectivity index is 2.59. The van der Waals surface area contributed by atoms with Crippen molar-refractivity contribution in [1.82, 2.24) is 0 Å². The summed E-state index contributed by atoms with van der Waals surface area (Å²) in [6, 6.07) is 7.02. The number of hydrogen-bond donors (Lipinski definition) is 0. The summed E-state index contributed by atoms with van der Waals surface area (Å²) in [7, 11) is 0. The molecule has 0 heterocycles. The molecule has 0 saturated carbocycles. The monoisotopic (exact) mass is 342 g/mol. The summed E-state index contributed by atoms with van der Waals surface area (Å²) >= 11 is 2.86. The van der Waals surface area contributed by atoms with Gasteiger partial charge in [-0.1, -0.05) is 18.2 Å². The SMILES string of the molecule is CC(=O)c1cc(Br)c(F)c(F)c1Cc1ccccc1F. The Kier molecular flexibility index (Phi) is 4.28. The summed E-state index contributed by atoms with van der Waals surface area (Å²) in [5.41, 5.74) is 0.109. The van der Waals surface area contributed by atoms with E-state index in [1.165, 1.54) is 31.2 Å². The van der Waals surface area contributed by atoms with Gasteiger partial charge in [0, 0.05) is 17.5 Å². The van der Waals surface area contributed by atoms with E-state index in [0.29, 0.717) is 0 Å². The minimum absolute atomic E-state index is 0.0408. The molecule has 0 aromatic heterocycles. The van der Waals surface area contributed by atoms with Crippen LogP contribution in [0.2, 0.25) is 0 Å². The standard InChI is InChI=1S/C15H10BrF3O/c1-8(20)10-7-12(16)15(19)14(18)11(10)6-9-4-2-3-5-13(9)17/h2-5,7H,6H2,1H3. The molecule has 0 fully saturated rings. The van der Waals surface area contributed by atoms with Gasteiger partial charge >= 0.3 is 0 Å². The van der Waals surface area contributed by atoms with Crippen LogP contribution in [-0.4, -0.2) is 5.78 Å². The second-order valence-electron chi connectivity index (χ2n) is 4.34. The molecule has 104 valence electrons. The lowest BCUT2D eigenvalue weighted by molar-refractivity contribution is 0.101. The normalized spacial score (nSPS) is 10.7. The smallest absolute Gasteiger partial charge is 0.173 e. The minimum Gasteiger partial charge on any atom is -0.294 e. The molecule has 20 heavy (non-hydrogen) atoms. The maximum Gasteiger partial charge on any atom is 0.173 e. The Hall–Kier alpha value is -1.62. The van der Waals surface area contributed by atoms with Crippen molar-refractivity contribution in [2.45, 2.75) is 13.3 Å². The van der Waals surface area contributed by atoms with E-state index in [2.05, 4.69) is 15.9 Å². The van der Waals surface area contributed by atoms with Crippen LogP contribution in [0.25, 0.3) is 0 Å². The van der Waals surface area contributed by atoms with Crippen LogP contribution < -0.4 is 0 Å². The molecule has 0 aliphatic rings. The van der Waals surface area contributed by atoms with Gasteiger partial charge < -0.3 is 0 Å². The lowest BCUT2D eigenvalue weighted by atomic mass is 9.96. The summed E-state index contributed by atoms with van der Waals surface area (Å²) < 4.78 is 41.1. The van der Waals surface area contributed by atoms with Crippen molar-refractivity contribution in [3.63, 3.8) is 0 Å². The molecule has 0 amide bonds. The summed E-state index contributed by atoms with van der Waals surface area (Å²) in [6.07, 6.45) is -0.183. The molecule has 0 radical (unpaired) electrons. The second-order valence-corrected chi connectivity index (χ2v) is 5.19. The summed E-state index contributed by atoms with van der Waals surface area (Å²) in [4.78, 5) is 11.6. The molecule has 0 bridgehead atoms. The van der Waals surface area contributed by atoms with Crippen molar-refractivity contribution in [2.24, 2.45) is 0 Å². The van der Waals surface area contributed by atoms with E-state index in [4.69, 9.17) is 0 Å². The number of ketones is 1. The zero-order valence-electron chi connectivity index (χ0n) is 10.5. The van der Waals surface area contributed by atoms with Crippen LogP contribution in [0.3, 0.4) is 0 Å². The van der Waals surface area contributed by atoms with Crippen LogP contribution in [0.15, 0.2) is 34.8 Å². The van der Waals surface area contributed by atoms with Crippen LogP contribution in [0.1, 0.15) is 28.4 Å². The topological polar surface area (TPSA) is 17.1 Å². The number of rotatable bonds is 3. The number of Topliss-reactive ketones (excluding diaryl/α,β-unsaturated/α-hetero) is 1. The van der Waals surface area contributed by atoms with Crippen LogP contribution in [0, 0.1) is 17.5 Å². The fraction of sp³-hybridized carbons (Fsp3) is 0.133. The lowest BCUT2D eigenvalue weighted by Crippen LogP contribution is -2.07. The van der Waals surface area contributed by atoms with Gasteiger partial charge in [-0.2, -0.15) is 0 Å². The third-order valence-electron chi connectivity index (χ3n) is 2.97. The van der Waals surface area contributed by atoms with Gasteiger partial charge in [0.15, 0.2) is 17.4 Å². The molecule has 0 spiro atoms. The average Bonchev–Trinajstić information content (AvgIpc) is 2.41. The first-order valence-electron chi connectivity index (χ1n) is 5.82. The first kappa shape index (κ1) is 14.8. The minimum atomic E-state index is -1.13. The molecule has 2 rings (SSSR count). The van der Waals surface area contributed by atoms with E-state index in [9.17, 15) is 18.0 Å². The van der Waals surface area contributed by atoms with E-state index >= 15 is 0 Å². The Bertz CT molecular complexity index is 683. The van der Waals surface area contributed by atoms with E-state index < -0.39 is 23.2 Å². The van der Waals surface area contributed by atoms with Crippen molar-refractivity contribution in [3.8, 4) is 0 Å². The van der Waals surface area contributed by atoms with E-state index in [1.54, 1.807) is 6.07 Å². The predicted octanol–water partition coefficient (Wildman–Crippen LogP) is 4.66. The highest BCUT2D eigenvalue weighted by atomic mass is 79.9. The number of carbonyl (C=O) groups excluding carboxylic acids is 1. The highest BCUT2D eigenvalue weighted by Crippen LogP contribution is 2.27. The number of hydrogen-bond acceptors (Lipinski definition) is 1. The van der Waals surface area contributed by atoms with Gasteiger partial charge in [0.05, 0.1) is 4.47 Å². The molecule has 2 aromatic rings. The average molecular weight is 343 g/mol. The molecule has 0 aliphatic heterocycles. The maximum absolute atomic E-state index is 14.0. The molecule has 2 aromatic carbocycles. The maximum atomic E-state index is 14.0. The quantitative estimate of drug-likeness (QED) is 0.585. The Labute approximate surface area is 122 Å². The molecule has 5 heteroatoms. The molecule has 0 N–H and O–H groups in total. The second kappa shape index (κ2) is 5.79. The lowest BCUT2D eigenvalue weighted by Gasteiger charge is -2.11. The van der Waals surface area contributed by atoms with Gasteiger partial charge in [-0.3, -0.25) is 4.79 Å². The first-order chi connectivity index (χ1) is 9.41. The third kappa shape index (κ3) is 2.77. The van der Waals surface area contributed by atoms with E-state index in [-0.39, 0.29) is 27.6 Å². The van der Waals surface area contributed by atoms with Crippen molar-refractivity contribution >= 4 is 21.7 Å². The molecular weight excluding hydrogens is 333 g/mol. The van der Waals surface area contributed by atoms with Gasteiger partial charge in [-0.05, 0) is 40.5 Å². The Morgan fingerprint density at radius 3 is 2.40 bits per heavy atom. The summed E-state index contributed by atoms with van der Waals surface area (Å²) in [5, 5.41) is 0. The van der Waals surface area contributed by atoms with E-state index in [0.717, 1.165) is 0 Å². The molecule has 0 unspecified atom stereocenters. The van der Waals surface area contributed by atoms with Gasteiger partial charge in [-0.25, -0.2) is 13.2 Å². The summed E-state index contributed by atoms with van der Waals surface area (Å²) in [6.45, 7) is 1.25. The van der Waals surface area contributed by atoms with E-state index in [1.807, 2.05) is 0 Å². The molecule has 0 aliphatic carbocycles. The van der Waals surface area contributed by atoms with Crippen LogP contribution >= 0.6 is 15.9 Å². The van der Waals surface area contributed by atoms with Gasteiger partial charge in [0.25, 0.3) is 0 Å². The predicted molar refractivity (Wildman–Crippen MR) is 73.3 cm³/mol. The number of benzene rings is 2.